The summed E-state index contributed by atoms with van der Waals surface area (Å²) in [5.74, 6) is -1.54. The van der Waals surface area contributed by atoms with Crippen LogP contribution in [0.4, 0.5) is 4.39 Å². The molecule has 0 saturated carbocycles. The number of nitrogens with one attached hydrogen (secondary N) is 1. The van der Waals surface area contributed by atoms with E-state index in [0.29, 0.717) is 19.6 Å². The number of benzene rings is 1. The van der Waals surface area contributed by atoms with E-state index in [4.69, 9.17) is 0 Å². The molecule has 1 aliphatic heterocycles. The molecule has 2 rings (SSSR count). The van der Waals surface area contributed by atoms with Crippen LogP contribution in [0.5, 0.6) is 0 Å². The summed E-state index contributed by atoms with van der Waals surface area (Å²) in [6.45, 7) is 5.57. The average molecular weight is 365 g/mol. The van der Waals surface area contributed by atoms with Gasteiger partial charge in [0.25, 0.3) is 0 Å². The van der Waals surface area contributed by atoms with Crippen LogP contribution < -0.4 is 5.32 Å². The molecule has 130 valence electrons. The van der Waals surface area contributed by atoms with E-state index in [1.54, 1.807) is 11.8 Å². The average Bonchev–Trinajstić information content (AvgIpc) is 2.47. The predicted octanol–water partition coefficient (Wildman–Crippen LogP) is 1.48. The molecule has 0 radical (unpaired) electrons. The van der Waals surface area contributed by atoms with Crippen LogP contribution >= 0.6 is 12.4 Å². The molecule has 0 aromatic heterocycles. The summed E-state index contributed by atoms with van der Waals surface area (Å²) in [5.41, 5.74) is 0. The van der Waals surface area contributed by atoms with Gasteiger partial charge in [-0.2, -0.15) is 0 Å². The highest BCUT2D eigenvalue weighted by Gasteiger charge is 2.30. The van der Waals surface area contributed by atoms with Gasteiger partial charge in [0, 0.05) is 31.6 Å². The lowest BCUT2D eigenvalue weighted by Gasteiger charge is -2.35. The predicted molar refractivity (Wildman–Crippen MR) is 88.9 cm³/mol. The smallest absolute Gasteiger partial charge is 0.226 e. The molecule has 1 aromatic rings. The van der Waals surface area contributed by atoms with Gasteiger partial charge >= 0.3 is 0 Å². The van der Waals surface area contributed by atoms with Gasteiger partial charge in [0.2, 0.25) is 5.91 Å². The zero-order valence-electron chi connectivity index (χ0n) is 13.2. The number of halogens is 2. The van der Waals surface area contributed by atoms with Gasteiger partial charge in [0.1, 0.15) is 5.82 Å². The standard InChI is InChI=1S/C15H21FN2O3S.ClH/c1-11(15(19)18-8-7-17-9-12(18)2)10-22(20,21)14-5-3-13(16)4-6-14;/h3-6,11-12,17H,7-10H2,1-2H3;1H/t11?,12-;/m1./s1. The number of piperazine rings is 1. The normalized spacial score (nSPS) is 19.8. The molecule has 8 heteroatoms. The third kappa shape index (κ3) is 4.89. The Morgan fingerprint density at radius 3 is 2.57 bits per heavy atom. The Hall–Kier alpha value is -1.18. The van der Waals surface area contributed by atoms with Crippen LogP contribution in [0.2, 0.25) is 0 Å². The van der Waals surface area contributed by atoms with Crippen molar-refractivity contribution in [1.29, 1.82) is 0 Å². The second-order valence-electron chi connectivity index (χ2n) is 5.72. The van der Waals surface area contributed by atoms with Crippen LogP contribution in [-0.4, -0.2) is 50.7 Å². The lowest BCUT2D eigenvalue weighted by atomic mass is 10.1. The van der Waals surface area contributed by atoms with Crippen molar-refractivity contribution in [3.05, 3.63) is 30.1 Å². The SMILES string of the molecule is CC(CS(=O)(=O)c1ccc(F)cc1)C(=O)N1CCNC[C@H]1C.Cl. The maximum Gasteiger partial charge on any atom is 0.226 e. The molecular weight excluding hydrogens is 343 g/mol. The zero-order valence-corrected chi connectivity index (χ0v) is 14.8. The molecular formula is C15H22ClFN2O3S. The number of amides is 1. The summed E-state index contributed by atoms with van der Waals surface area (Å²) in [6.07, 6.45) is 0. The molecule has 0 aliphatic carbocycles. The largest absolute Gasteiger partial charge is 0.337 e. The Morgan fingerprint density at radius 2 is 2.00 bits per heavy atom. The van der Waals surface area contributed by atoms with Gasteiger partial charge in [0.05, 0.1) is 10.6 Å². The van der Waals surface area contributed by atoms with Gasteiger partial charge < -0.3 is 10.2 Å². The third-order valence-electron chi connectivity index (χ3n) is 3.85. The van der Waals surface area contributed by atoms with Crippen molar-refractivity contribution >= 4 is 28.2 Å². The van der Waals surface area contributed by atoms with Crippen LogP contribution in [0.15, 0.2) is 29.2 Å². The fourth-order valence-electron chi connectivity index (χ4n) is 2.59. The van der Waals surface area contributed by atoms with Crippen molar-refractivity contribution in [1.82, 2.24) is 10.2 Å². The molecule has 1 heterocycles. The topological polar surface area (TPSA) is 66.5 Å². The quantitative estimate of drug-likeness (QED) is 0.822. The molecule has 1 fully saturated rings. The Labute approximate surface area is 142 Å². The van der Waals surface area contributed by atoms with Gasteiger partial charge in [-0.15, -0.1) is 12.4 Å². The minimum atomic E-state index is -3.61. The molecule has 1 saturated heterocycles. The van der Waals surface area contributed by atoms with Crippen molar-refractivity contribution in [2.24, 2.45) is 5.92 Å². The second kappa shape index (κ2) is 8.08. The van der Waals surface area contributed by atoms with E-state index in [9.17, 15) is 17.6 Å². The minimum Gasteiger partial charge on any atom is -0.337 e. The maximum absolute atomic E-state index is 12.9. The summed E-state index contributed by atoms with van der Waals surface area (Å²) in [5, 5.41) is 3.19. The number of rotatable bonds is 4. The zero-order chi connectivity index (χ0) is 16.3. The molecule has 1 unspecified atom stereocenters. The molecule has 1 amide bonds. The van der Waals surface area contributed by atoms with Gasteiger partial charge in [-0.3, -0.25) is 4.79 Å². The van der Waals surface area contributed by atoms with Gasteiger partial charge in [-0.05, 0) is 31.2 Å². The maximum atomic E-state index is 12.9. The summed E-state index contributed by atoms with van der Waals surface area (Å²) in [4.78, 5) is 14.2. The summed E-state index contributed by atoms with van der Waals surface area (Å²) in [7, 11) is -3.61. The molecule has 1 aromatic carbocycles. The molecule has 1 aliphatic rings. The van der Waals surface area contributed by atoms with Crippen molar-refractivity contribution in [2.45, 2.75) is 24.8 Å². The lowest BCUT2D eigenvalue weighted by molar-refractivity contribution is -0.137. The van der Waals surface area contributed by atoms with Crippen LogP contribution in [0.3, 0.4) is 0 Å². The number of hydrogen-bond donors (Lipinski definition) is 1. The van der Waals surface area contributed by atoms with E-state index < -0.39 is 21.6 Å². The summed E-state index contributed by atoms with van der Waals surface area (Å²) in [6, 6.07) is 4.73. The highest BCUT2D eigenvalue weighted by atomic mass is 35.5. The highest BCUT2D eigenvalue weighted by Crippen LogP contribution is 2.17. The Morgan fingerprint density at radius 1 is 1.39 bits per heavy atom. The van der Waals surface area contributed by atoms with Crippen molar-refractivity contribution in [3.63, 3.8) is 0 Å². The first-order chi connectivity index (χ1) is 10.3. The number of hydrogen-bond acceptors (Lipinski definition) is 4. The monoisotopic (exact) mass is 364 g/mol. The Bertz CT molecular complexity index is 637. The fourth-order valence-corrected chi connectivity index (χ4v) is 4.13. The molecule has 23 heavy (non-hydrogen) atoms. The number of nitrogens with zero attached hydrogens (tertiary/aromatic N) is 1. The van der Waals surface area contributed by atoms with Gasteiger partial charge in [-0.25, -0.2) is 12.8 Å². The van der Waals surface area contributed by atoms with E-state index in [1.807, 2.05) is 6.92 Å². The van der Waals surface area contributed by atoms with E-state index in [0.717, 1.165) is 12.1 Å². The van der Waals surface area contributed by atoms with E-state index in [-0.39, 0.29) is 35.0 Å². The Kier molecular flexibility index (Phi) is 6.98. The highest BCUT2D eigenvalue weighted by molar-refractivity contribution is 7.91. The second-order valence-corrected chi connectivity index (χ2v) is 7.76. The number of sulfone groups is 1. The lowest BCUT2D eigenvalue weighted by Crippen LogP contribution is -2.54. The molecule has 1 N–H and O–H groups in total. The molecule has 2 atom stereocenters. The van der Waals surface area contributed by atoms with Crippen molar-refractivity contribution < 1.29 is 17.6 Å². The fraction of sp³-hybridized carbons (Fsp3) is 0.533. The van der Waals surface area contributed by atoms with Crippen LogP contribution in [0.1, 0.15) is 13.8 Å². The minimum absolute atomic E-state index is 0. The third-order valence-corrected chi connectivity index (χ3v) is 5.78. The van der Waals surface area contributed by atoms with E-state index in [2.05, 4.69) is 5.32 Å². The molecule has 5 nitrogen and oxygen atoms in total. The molecule has 0 spiro atoms. The first-order valence-electron chi connectivity index (χ1n) is 7.31. The number of carbonyl (C=O) groups excluding carboxylic acids is 1. The molecule has 0 bridgehead atoms. The van der Waals surface area contributed by atoms with Crippen LogP contribution in [0, 0.1) is 11.7 Å². The van der Waals surface area contributed by atoms with Crippen LogP contribution in [-0.2, 0) is 14.6 Å². The first-order valence-corrected chi connectivity index (χ1v) is 8.96. The van der Waals surface area contributed by atoms with Gasteiger partial charge in [0.15, 0.2) is 9.84 Å². The van der Waals surface area contributed by atoms with Crippen LogP contribution in [0.25, 0.3) is 0 Å². The van der Waals surface area contributed by atoms with E-state index >= 15 is 0 Å². The van der Waals surface area contributed by atoms with Crippen molar-refractivity contribution in [2.75, 3.05) is 25.4 Å². The summed E-state index contributed by atoms with van der Waals surface area (Å²) >= 11 is 0. The van der Waals surface area contributed by atoms with Gasteiger partial charge in [-0.1, -0.05) is 6.92 Å². The van der Waals surface area contributed by atoms with E-state index in [1.165, 1.54) is 12.1 Å². The first kappa shape index (κ1) is 19.9. The van der Waals surface area contributed by atoms with Crippen molar-refractivity contribution in [3.8, 4) is 0 Å². The number of carbonyl (C=O) groups is 1. The Balaban J connectivity index is 0.00000264. The summed E-state index contributed by atoms with van der Waals surface area (Å²) < 4.78 is 37.5.